The fourth-order valence-corrected chi connectivity index (χ4v) is 1.52. The van der Waals surface area contributed by atoms with Crippen molar-refractivity contribution in [3.05, 3.63) is 28.8 Å². The summed E-state index contributed by atoms with van der Waals surface area (Å²) in [6.07, 6.45) is -2.29. The molecule has 0 aliphatic carbocycles. The van der Waals surface area contributed by atoms with Crippen LogP contribution < -0.4 is 0 Å². The Morgan fingerprint density at radius 1 is 1.60 bits per heavy atom. The first kappa shape index (κ1) is 12.0. The lowest BCUT2D eigenvalue weighted by Crippen LogP contribution is -2.10. The van der Waals surface area contributed by atoms with Gasteiger partial charge in [-0.15, -0.1) is 0 Å². The van der Waals surface area contributed by atoms with E-state index in [1.54, 1.807) is 0 Å². The van der Waals surface area contributed by atoms with Crippen LogP contribution in [0.25, 0.3) is 0 Å². The number of hydrogen-bond donors (Lipinski definition) is 1. The highest BCUT2D eigenvalue weighted by Crippen LogP contribution is 2.28. The summed E-state index contributed by atoms with van der Waals surface area (Å²) < 4.78 is 37.7. The lowest BCUT2D eigenvalue weighted by atomic mass is 10.1. The molecule has 7 heteroatoms. The van der Waals surface area contributed by atoms with Crippen molar-refractivity contribution in [2.75, 3.05) is 0 Å². The van der Waals surface area contributed by atoms with Crippen molar-refractivity contribution in [1.29, 1.82) is 0 Å². The quantitative estimate of drug-likeness (QED) is 0.686. The average molecular weight is 284 g/mol. The topological polar surface area (TPSA) is 50.2 Å². The van der Waals surface area contributed by atoms with Gasteiger partial charge in [0, 0.05) is 11.5 Å². The molecule has 0 saturated carbocycles. The number of carboxylic acids is 1. The molecule has 0 aliphatic heterocycles. The van der Waals surface area contributed by atoms with Gasteiger partial charge in [0.2, 0.25) is 5.95 Å². The fourth-order valence-electron chi connectivity index (χ4n) is 1.10. The zero-order valence-corrected chi connectivity index (χ0v) is 8.76. The van der Waals surface area contributed by atoms with E-state index in [9.17, 15) is 18.0 Å². The van der Waals surface area contributed by atoms with E-state index in [0.717, 1.165) is 6.20 Å². The fraction of sp³-hybridized carbons (Fsp3) is 0.250. The van der Waals surface area contributed by atoms with Crippen LogP contribution in [-0.2, 0) is 5.33 Å². The molecule has 1 heterocycles. The first-order chi connectivity index (χ1) is 6.99. The van der Waals surface area contributed by atoms with Gasteiger partial charge < -0.3 is 5.11 Å². The molecule has 1 aromatic rings. The third kappa shape index (κ3) is 2.28. The number of aromatic nitrogens is 1. The van der Waals surface area contributed by atoms with Gasteiger partial charge in [0.05, 0.1) is 11.1 Å². The standard InChI is InChI=1S/C8H5BrF3NO2/c9-1-3-2-13-7(12)5(6(10)11)4(3)8(14)15/h2,6H,1H2,(H,14,15). The van der Waals surface area contributed by atoms with Gasteiger partial charge in [0.1, 0.15) is 0 Å². The van der Waals surface area contributed by atoms with Gasteiger partial charge in [-0.25, -0.2) is 18.6 Å². The highest BCUT2D eigenvalue weighted by Gasteiger charge is 2.26. The first-order valence-electron chi connectivity index (χ1n) is 3.73. The molecule has 15 heavy (non-hydrogen) atoms. The predicted molar refractivity (Wildman–Crippen MR) is 48.7 cm³/mol. The first-order valence-corrected chi connectivity index (χ1v) is 4.85. The van der Waals surface area contributed by atoms with E-state index in [1.165, 1.54) is 0 Å². The largest absolute Gasteiger partial charge is 0.478 e. The van der Waals surface area contributed by atoms with E-state index in [-0.39, 0.29) is 10.9 Å². The maximum absolute atomic E-state index is 12.9. The number of rotatable bonds is 3. The molecule has 1 aromatic heterocycles. The monoisotopic (exact) mass is 283 g/mol. The molecule has 0 radical (unpaired) electrons. The molecule has 0 aromatic carbocycles. The lowest BCUT2D eigenvalue weighted by molar-refractivity contribution is 0.0680. The van der Waals surface area contributed by atoms with Crippen LogP contribution in [0, 0.1) is 5.95 Å². The Morgan fingerprint density at radius 3 is 2.60 bits per heavy atom. The molecule has 1 rings (SSSR count). The molecule has 3 nitrogen and oxygen atoms in total. The second-order valence-corrected chi connectivity index (χ2v) is 3.16. The molecular weight excluding hydrogens is 279 g/mol. The SMILES string of the molecule is O=C(O)c1c(CBr)cnc(F)c1C(F)F. The van der Waals surface area contributed by atoms with E-state index < -0.39 is 29.5 Å². The van der Waals surface area contributed by atoms with Gasteiger partial charge in [-0.05, 0) is 5.56 Å². The predicted octanol–water partition coefficient (Wildman–Crippen LogP) is 2.75. The summed E-state index contributed by atoms with van der Waals surface area (Å²) in [4.78, 5) is 13.8. The highest BCUT2D eigenvalue weighted by atomic mass is 79.9. The molecule has 0 atom stereocenters. The van der Waals surface area contributed by atoms with Gasteiger partial charge in [0.15, 0.2) is 0 Å². The van der Waals surface area contributed by atoms with Crippen LogP contribution in [0.4, 0.5) is 13.2 Å². The number of carboxylic acid groups (broad SMARTS) is 1. The summed E-state index contributed by atoms with van der Waals surface area (Å²) in [5.41, 5.74) is -1.88. The second kappa shape index (κ2) is 4.61. The van der Waals surface area contributed by atoms with Crippen molar-refractivity contribution in [2.24, 2.45) is 0 Å². The summed E-state index contributed by atoms with van der Waals surface area (Å²) in [6.45, 7) is 0. The Hall–Kier alpha value is -1.11. The van der Waals surface area contributed by atoms with E-state index >= 15 is 0 Å². The van der Waals surface area contributed by atoms with Gasteiger partial charge in [0.25, 0.3) is 6.43 Å². The minimum atomic E-state index is -3.21. The summed E-state index contributed by atoms with van der Waals surface area (Å²) in [5, 5.41) is 8.72. The summed E-state index contributed by atoms with van der Waals surface area (Å²) in [7, 11) is 0. The lowest BCUT2D eigenvalue weighted by Gasteiger charge is -2.09. The van der Waals surface area contributed by atoms with Crippen LogP contribution in [0.5, 0.6) is 0 Å². The van der Waals surface area contributed by atoms with E-state index in [1.807, 2.05) is 0 Å². The third-order valence-corrected chi connectivity index (χ3v) is 2.33. The van der Waals surface area contributed by atoms with Gasteiger partial charge in [-0.2, -0.15) is 4.39 Å². The molecule has 82 valence electrons. The number of nitrogens with zero attached hydrogens (tertiary/aromatic N) is 1. The van der Waals surface area contributed by atoms with Crippen LogP contribution in [-0.4, -0.2) is 16.1 Å². The van der Waals surface area contributed by atoms with E-state index in [2.05, 4.69) is 20.9 Å². The highest BCUT2D eigenvalue weighted by molar-refractivity contribution is 9.08. The van der Waals surface area contributed by atoms with E-state index in [4.69, 9.17) is 5.11 Å². The van der Waals surface area contributed by atoms with Gasteiger partial charge in [-0.3, -0.25) is 0 Å². The van der Waals surface area contributed by atoms with Crippen molar-refractivity contribution in [1.82, 2.24) is 4.98 Å². The van der Waals surface area contributed by atoms with Crippen LogP contribution in [0.2, 0.25) is 0 Å². The number of pyridine rings is 1. The average Bonchev–Trinajstić information content (AvgIpc) is 2.16. The summed E-state index contributed by atoms with van der Waals surface area (Å²) in [6, 6.07) is 0. The minimum Gasteiger partial charge on any atom is -0.478 e. The molecule has 0 saturated heterocycles. The Morgan fingerprint density at radius 2 is 2.20 bits per heavy atom. The smallest absolute Gasteiger partial charge is 0.336 e. The molecule has 0 amide bonds. The third-order valence-electron chi connectivity index (χ3n) is 1.72. The van der Waals surface area contributed by atoms with Crippen LogP contribution >= 0.6 is 15.9 Å². The Labute approximate surface area is 91.1 Å². The number of alkyl halides is 3. The number of aromatic carboxylic acids is 1. The second-order valence-electron chi connectivity index (χ2n) is 2.60. The Kier molecular flexibility index (Phi) is 3.67. The summed E-state index contributed by atoms with van der Waals surface area (Å²) >= 11 is 2.91. The molecule has 0 unspecified atom stereocenters. The number of halogens is 4. The maximum atomic E-state index is 12.9. The minimum absolute atomic E-state index is 0.0131. The number of hydrogen-bond acceptors (Lipinski definition) is 2. The zero-order chi connectivity index (χ0) is 11.6. The van der Waals surface area contributed by atoms with Crippen molar-refractivity contribution in [2.45, 2.75) is 11.8 Å². The molecule has 0 fully saturated rings. The van der Waals surface area contributed by atoms with Crippen molar-refractivity contribution in [3.63, 3.8) is 0 Å². The molecule has 0 aliphatic rings. The van der Waals surface area contributed by atoms with Crippen LogP contribution in [0.3, 0.4) is 0 Å². The zero-order valence-electron chi connectivity index (χ0n) is 7.18. The van der Waals surface area contributed by atoms with Crippen LogP contribution in [0.1, 0.15) is 27.9 Å². The van der Waals surface area contributed by atoms with Gasteiger partial charge in [-0.1, -0.05) is 15.9 Å². The van der Waals surface area contributed by atoms with Crippen molar-refractivity contribution >= 4 is 21.9 Å². The van der Waals surface area contributed by atoms with Crippen molar-refractivity contribution < 1.29 is 23.1 Å². The Balaban J connectivity index is 3.51. The van der Waals surface area contributed by atoms with Gasteiger partial charge >= 0.3 is 5.97 Å². The Bertz CT molecular complexity index is 398. The maximum Gasteiger partial charge on any atom is 0.336 e. The molecular formula is C8H5BrF3NO2. The van der Waals surface area contributed by atoms with E-state index in [0.29, 0.717) is 0 Å². The molecule has 1 N–H and O–H groups in total. The van der Waals surface area contributed by atoms with Crippen LogP contribution in [0.15, 0.2) is 6.20 Å². The molecule has 0 bridgehead atoms. The van der Waals surface area contributed by atoms with Crippen molar-refractivity contribution in [3.8, 4) is 0 Å². The number of carbonyl (C=O) groups is 1. The molecule has 0 spiro atoms. The normalized spacial score (nSPS) is 10.7. The summed E-state index contributed by atoms with van der Waals surface area (Å²) in [5.74, 6) is -3.05.